The number of rotatable bonds is 5. The molecule has 1 aromatic rings. The number of hydrogen-bond acceptors (Lipinski definition) is 3. The lowest BCUT2D eigenvalue weighted by Crippen LogP contribution is -2.49. The van der Waals surface area contributed by atoms with Gasteiger partial charge in [-0.2, -0.15) is 0 Å². The van der Waals surface area contributed by atoms with Crippen LogP contribution in [0.4, 0.5) is 5.69 Å². The van der Waals surface area contributed by atoms with Gasteiger partial charge in [-0.3, -0.25) is 9.69 Å². The average molecular weight is 352 g/mol. The molecule has 0 aliphatic carbocycles. The number of anilines is 1. The molecular weight excluding hydrogens is 322 g/mol. The van der Waals surface area contributed by atoms with Gasteiger partial charge in [-0.05, 0) is 76.8 Å². The number of piperidine rings is 1. The van der Waals surface area contributed by atoms with E-state index in [2.05, 4.69) is 35.3 Å². The van der Waals surface area contributed by atoms with E-state index in [0.717, 1.165) is 44.2 Å². The van der Waals surface area contributed by atoms with E-state index in [4.69, 9.17) is 0 Å². The number of carbonyl (C=O) groups excluding carboxylic acids is 1. The van der Waals surface area contributed by atoms with Gasteiger partial charge in [0.25, 0.3) is 0 Å². The smallest absolute Gasteiger partial charge is 0.244 e. The maximum atomic E-state index is 12.9. The fraction of sp³-hybridized carbons (Fsp3) is 0.632. The molecule has 2 heterocycles. The summed E-state index contributed by atoms with van der Waals surface area (Å²) in [5, 5.41) is 3.24. The third-order valence-corrected chi connectivity index (χ3v) is 5.51. The molecule has 1 unspecified atom stereocenters. The van der Waals surface area contributed by atoms with Gasteiger partial charge < -0.3 is 10.2 Å². The van der Waals surface area contributed by atoms with E-state index in [1.807, 2.05) is 18.0 Å². The van der Waals surface area contributed by atoms with Crippen molar-refractivity contribution in [3.8, 4) is 0 Å². The molecule has 2 aliphatic rings. The summed E-state index contributed by atoms with van der Waals surface area (Å²) in [7, 11) is 2.02. The Hall–Kier alpha value is -1.10. The first-order valence-electron chi connectivity index (χ1n) is 8.98. The summed E-state index contributed by atoms with van der Waals surface area (Å²) in [6.45, 7) is 6.12. The summed E-state index contributed by atoms with van der Waals surface area (Å²) in [5.41, 5.74) is 2.42. The number of benzene rings is 1. The number of carbonyl (C=O) groups is 1. The molecule has 1 N–H and O–H groups in total. The van der Waals surface area contributed by atoms with Crippen LogP contribution in [-0.2, 0) is 11.2 Å². The van der Waals surface area contributed by atoms with Crippen LogP contribution in [0.1, 0.15) is 31.7 Å². The molecule has 2 aliphatic heterocycles. The minimum Gasteiger partial charge on any atom is -0.320 e. The van der Waals surface area contributed by atoms with Crippen LogP contribution in [0.25, 0.3) is 0 Å². The standard InChI is InChI=1S/C19H29N3O.ClH/c1-15(21-12-8-16(9-13-21)7-11-20-2)19(23)22-14-10-17-5-3-4-6-18(17)22;/h3-6,15-16,20H,7-14H2,1-2H3;1H. The van der Waals surface area contributed by atoms with Crippen molar-refractivity contribution < 1.29 is 4.79 Å². The number of halogens is 1. The van der Waals surface area contributed by atoms with Gasteiger partial charge in [0, 0.05) is 12.2 Å². The van der Waals surface area contributed by atoms with Gasteiger partial charge in [-0.1, -0.05) is 18.2 Å². The number of nitrogens with zero attached hydrogens (tertiary/aromatic N) is 2. The first-order chi connectivity index (χ1) is 11.2. The number of nitrogens with one attached hydrogen (secondary N) is 1. The molecule has 3 rings (SSSR count). The highest BCUT2D eigenvalue weighted by atomic mass is 35.5. The normalized spacial score (nSPS) is 19.7. The van der Waals surface area contributed by atoms with Crippen molar-refractivity contribution in [3.63, 3.8) is 0 Å². The van der Waals surface area contributed by atoms with E-state index < -0.39 is 0 Å². The lowest BCUT2D eigenvalue weighted by Gasteiger charge is -2.36. The van der Waals surface area contributed by atoms with Gasteiger partial charge >= 0.3 is 0 Å². The van der Waals surface area contributed by atoms with Crippen molar-refractivity contribution in [2.75, 3.05) is 38.1 Å². The molecule has 4 nitrogen and oxygen atoms in total. The van der Waals surface area contributed by atoms with Gasteiger partial charge in [0.15, 0.2) is 0 Å². The highest BCUT2D eigenvalue weighted by molar-refractivity contribution is 5.98. The quantitative estimate of drug-likeness (QED) is 0.886. The molecule has 0 saturated carbocycles. The number of fused-ring (bicyclic) bond motifs is 1. The maximum Gasteiger partial charge on any atom is 0.244 e. The summed E-state index contributed by atoms with van der Waals surface area (Å²) in [4.78, 5) is 17.3. The van der Waals surface area contributed by atoms with E-state index in [-0.39, 0.29) is 24.4 Å². The highest BCUT2D eigenvalue weighted by Crippen LogP contribution is 2.29. The largest absolute Gasteiger partial charge is 0.320 e. The zero-order valence-electron chi connectivity index (χ0n) is 14.8. The average Bonchev–Trinajstić information content (AvgIpc) is 3.03. The van der Waals surface area contributed by atoms with Gasteiger partial charge in [0.05, 0.1) is 6.04 Å². The van der Waals surface area contributed by atoms with Gasteiger partial charge in [-0.25, -0.2) is 0 Å². The minimum atomic E-state index is -0.00796. The maximum absolute atomic E-state index is 12.9. The number of para-hydroxylation sites is 1. The van der Waals surface area contributed by atoms with Crippen LogP contribution in [0.2, 0.25) is 0 Å². The Labute approximate surface area is 152 Å². The lowest BCUT2D eigenvalue weighted by molar-refractivity contribution is -0.123. The van der Waals surface area contributed by atoms with Crippen molar-refractivity contribution in [2.24, 2.45) is 5.92 Å². The van der Waals surface area contributed by atoms with Crippen LogP contribution < -0.4 is 10.2 Å². The van der Waals surface area contributed by atoms with Crippen molar-refractivity contribution >= 4 is 24.0 Å². The first kappa shape index (κ1) is 19.2. The molecule has 0 aromatic heterocycles. The fourth-order valence-electron chi connectivity index (χ4n) is 3.93. The molecule has 134 valence electrons. The zero-order valence-corrected chi connectivity index (χ0v) is 15.6. The van der Waals surface area contributed by atoms with Gasteiger partial charge in [0.2, 0.25) is 5.91 Å². The van der Waals surface area contributed by atoms with Crippen LogP contribution in [0.3, 0.4) is 0 Å². The molecule has 24 heavy (non-hydrogen) atoms. The highest BCUT2D eigenvalue weighted by Gasteiger charge is 2.32. The molecule has 1 saturated heterocycles. The molecule has 0 bridgehead atoms. The van der Waals surface area contributed by atoms with Crippen LogP contribution >= 0.6 is 12.4 Å². The SMILES string of the molecule is CNCCC1CCN(C(C)C(=O)N2CCc3ccccc32)CC1.Cl. The molecule has 0 spiro atoms. The Morgan fingerprint density at radius 2 is 1.96 bits per heavy atom. The summed E-state index contributed by atoms with van der Waals surface area (Å²) in [5.74, 6) is 1.08. The molecule has 1 aromatic carbocycles. The zero-order chi connectivity index (χ0) is 16.2. The van der Waals surface area contributed by atoms with E-state index in [0.29, 0.717) is 0 Å². The minimum absolute atomic E-state index is 0. The fourth-order valence-corrected chi connectivity index (χ4v) is 3.93. The second kappa shape index (κ2) is 8.84. The second-order valence-corrected chi connectivity index (χ2v) is 6.92. The van der Waals surface area contributed by atoms with Crippen LogP contribution in [0.5, 0.6) is 0 Å². The second-order valence-electron chi connectivity index (χ2n) is 6.92. The molecule has 1 fully saturated rings. The lowest BCUT2D eigenvalue weighted by atomic mass is 9.92. The Morgan fingerprint density at radius 3 is 2.67 bits per heavy atom. The Bertz CT molecular complexity index is 543. The van der Waals surface area contributed by atoms with E-state index in [1.165, 1.54) is 24.8 Å². The molecular formula is C19H30ClN3O. The summed E-state index contributed by atoms with van der Waals surface area (Å²) in [6, 6.07) is 8.30. The third kappa shape index (κ3) is 4.11. The number of amides is 1. The van der Waals surface area contributed by atoms with E-state index >= 15 is 0 Å². The summed E-state index contributed by atoms with van der Waals surface area (Å²) in [6.07, 6.45) is 4.68. The predicted octanol–water partition coefficient (Wildman–Crippen LogP) is 2.71. The predicted molar refractivity (Wildman–Crippen MR) is 102 cm³/mol. The monoisotopic (exact) mass is 351 g/mol. The van der Waals surface area contributed by atoms with Crippen LogP contribution in [0.15, 0.2) is 24.3 Å². The van der Waals surface area contributed by atoms with E-state index in [9.17, 15) is 4.79 Å². The number of likely N-dealkylation sites (tertiary alicyclic amines) is 1. The van der Waals surface area contributed by atoms with Crippen molar-refractivity contribution in [3.05, 3.63) is 29.8 Å². The van der Waals surface area contributed by atoms with Crippen molar-refractivity contribution in [1.29, 1.82) is 0 Å². The van der Waals surface area contributed by atoms with Gasteiger partial charge in [0.1, 0.15) is 0 Å². The number of hydrogen-bond donors (Lipinski definition) is 1. The van der Waals surface area contributed by atoms with Crippen molar-refractivity contribution in [1.82, 2.24) is 10.2 Å². The molecule has 1 atom stereocenters. The Balaban J connectivity index is 0.00000208. The molecule has 1 amide bonds. The Kier molecular flexibility index (Phi) is 7.08. The first-order valence-corrected chi connectivity index (χ1v) is 8.98. The van der Waals surface area contributed by atoms with Crippen molar-refractivity contribution in [2.45, 2.75) is 38.6 Å². The summed E-state index contributed by atoms with van der Waals surface area (Å²) >= 11 is 0. The topological polar surface area (TPSA) is 35.6 Å². The summed E-state index contributed by atoms with van der Waals surface area (Å²) < 4.78 is 0. The Morgan fingerprint density at radius 1 is 1.25 bits per heavy atom. The van der Waals surface area contributed by atoms with Crippen LogP contribution in [0, 0.1) is 5.92 Å². The third-order valence-electron chi connectivity index (χ3n) is 5.51. The van der Waals surface area contributed by atoms with E-state index in [1.54, 1.807) is 0 Å². The molecule has 0 radical (unpaired) electrons. The van der Waals surface area contributed by atoms with Gasteiger partial charge in [-0.15, -0.1) is 12.4 Å². The molecule has 5 heteroatoms. The van der Waals surface area contributed by atoms with Crippen LogP contribution in [-0.4, -0.2) is 50.1 Å².